The van der Waals surface area contributed by atoms with Gasteiger partial charge in [-0.3, -0.25) is 4.79 Å². The fraction of sp³-hybridized carbons (Fsp3) is 0.316. The molecule has 0 saturated heterocycles. The Morgan fingerprint density at radius 1 is 1.12 bits per heavy atom. The maximum atomic E-state index is 12.5. The molecular weight excluding hydrogens is 437 g/mol. The molecule has 1 aliphatic rings. The third-order valence-corrected chi connectivity index (χ3v) is 5.57. The summed E-state index contributed by atoms with van der Waals surface area (Å²) in [6, 6.07) is 13.5. The molecule has 2 aromatic rings. The fourth-order valence-corrected chi connectivity index (χ4v) is 3.85. The second-order valence-electron chi connectivity index (χ2n) is 6.18. The van der Waals surface area contributed by atoms with Crippen LogP contribution in [0.1, 0.15) is 36.0 Å². The van der Waals surface area contributed by atoms with E-state index in [1.54, 1.807) is 0 Å². The van der Waals surface area contributed by atoms with Crippen LogP contribution < -0.4 is 5.32 Å². The number of carbonyl (C=O) groups excluding carboxylic acids is 1. The zero-order valence-electron chi connectivity index (χ0n) is 13.1. The molecule has 0 spiro atoms. The van der Waals surface area contributed by atoms with Crippen LogP contribution in [-0.4, -0.2) is 23.2 Å². The smallest absolute Gasteiger partial charge is 0.251 e. The number of rotatable bonds is 3. The molecule has 1 fully saturated rings. The molecule has 24 heavy (non-hydrogen) atoms. The van der Waals surface area contributed by atoms with Crippen molar-refractivity contribution in [1.29, 1.82) is 0 Å². The number of halogens is 2. The van der Waals surface area contributed by atoms with Gasteiger partial charge in [-0.25, -0.2) is 0 Å². The first-order valence-corrected chi connectivity index (χ1v) is 9.53. The normalized spacial score (nSPS) is 20.6. The second-order valence-corrected chi connectivity index (χ2v) is 7.78. The third kappa shape index (κ3) is 4.29. The molecule has 3 nitrogen and oxygen atoms in total. The van der Waals surface area contributed by atoms with Crippen LogP contribution in [0.2, 0.25) is 5.02 Å². The number of nitrogens with one attached hydrogen (secondary N) is 1. The average molecular weight is 456 g/mol. The summed E-state index contributed by atoms with van der Waals surface area (Å²) in [4.78, 5) is 12.5. The lowest BCUT2D eigenvalue weighted by atomic mass is 9.93. The molecule has 0 radical (unpaired) electrons. The lowest BCUT2D eigenvalue weighted by Gasteiger charge is -2.26. The molecule has 0 aromatic heterocycles. The molecule has 2 N–H and O–H groups in total. The number of aliphatic hydroxyl groups excluding tert-OH is 1. The second kappa shape index (κ2) is 7.85. The highest BCUT2D eigenvalue weighted by atomic mass is 127. The Morgan fingerprint density at radius 2 is 1.88 bits per heavy atom. The minimum Gasteiger partial charge on any atom is -0.393 e. The highest BCUT2D eigenvalue weighted by molar-refractivity contribution is 14.1. The van der Waals surface area contributed by atoms with E-state index >= 15 is 0 Å². The van der Waals surface area contributed by atoms with Crippen molar-refractivity contribution in [2.45, 2.75) is 37.8 Å². The summed E-state index contributed by atoms with van der Waals surface area (Å²) in [6.45, 7) is 0. The Bertz CT molecular complexity index is 742. The largest absolute Gasteiger partial charge is 0.393 e. The lowest BCUT2D eigenvalue weighted by molar-refractivity contribution is 0.0867. The summed E-state index contributed by atoms with van der Waals surface area (Å²) in [5.74, 6) is -0.0599. The number of hydrogen-bond acceptors (Lipinski definition) is 2. The summed E-state index contributed by atoms with van der Waals surface area (Å²) in [6.07, 6.45) is 2.96. The molecule has 1 amide bonds. The van der Waals surface area contributed by atoms with Crippen molar-refractivity contribution in [3.05, 3.63) is 56.6 Å². The van der Waals surface area contributed by atoms with Gasteiger partial charge in [0.05, 0.1) is 6.10 Å². The monoisotopic (exact) mass is 455 g/mol. The topological polar surface area (TPSA) is 49.3 Å². The van der Waals surface area contributed by atoms with E-state index in [0.29, 0.717) is 10.6 Å². The molecule has 1 aliphatic carbocycles. The van der Waals surface area contributed by atoms with Gasteiger partial charge in [0.2, 0.25) is 0 Å². The highest BCUT2D eigenvalue weighted by Gasteiger charge is 2.21. The first-order chi connectivity index (χ1) is 11.5. The molecule has 0 aliphatic heterocycles. The molecular formula is C19H19ClINO2. The van der Waals surface area contributed by atoms with Gasteiger partial charge >= 0.3 is 0 Å². The Labute approximate surface area is 160 Å². The Morgan fingerprint density at radius 3 is 2.62 bits per heavy atom. The van der Waals surface area contributed by atoms with Gasteiger partial charge in [0.15, 0.2) is 0 Å². The van der Waals surface area contributed by atoms with Gasteiger partial charge in [0.1, 0.15) is 0 Å². The summed E-state index contributed by atoms with van der Waals surface area (Å²) in [7, 11) is 0. The number of amides is 1. The highest BCUT2D eigenvalue weighted by Crippen LogP contribution is 2.29. The van der Waals surface area contributed by atoms with E-state index < -0.39 is 0 Å². The van der Waals surface area contributed by atoms with Gasteiger partial charge < -0.3 is 10.4 Å². The summed E-state index contributed by atoms with van der Waals surface area (Å²) in [5, 5.41) is 13.3. The van der Waals surface area contributed by atoms with Gasteiger partial charge in [0.25, 0.3) is 5.91 Å². The summed E-state index contributed by atoms with van der Waals surface area (Å²) < 4.78 is 1.09. The number of hydrogen-bond donors (Lipinski definition) is 2. The Hall–Kier alpha value is -1.11. The van der Waals surface area contributed by atoms with Crippen LogP contribution in [0.5, 0.6) is 0 Å². The fourth-order valence-electron chi connectivity index (χ4n) is 3.04. The molecule has 1 saturated carbocycles. The van der Waals surface area contributed by atoms with E-state index in [0.717, 1.165) is 40.4 Å². The molecule has 0 bridgehead atoms. The first-order valence-electron chi connectivity index (χ1n) is 8.07. The van der Waals surface area contributed by atoms with E-state index in [4.69, 9.17) is 11.6 Å². The van der Waals surface area contributed by atoms with Crippen LogP contribution in [0.3, 0.4) is 0 Å². The van der Waals surface area contributed by atoms with Crippen molar-refractivity contribution in [2.24, 2.45) is 0 Å². The van der Waals surface area contributed by atoms with Gasteiger partial charge in [0, 0.05) is 20.2 Å². The lowest BCUT2D eigenvalue weighted by Crippen LogP contribution is -2.38. The molecule has 3 rings (SSSR count). The molecule has 0 atom stereocenters. The van der Waals surface area contributed by atoms with Crippen LogP contribution in [0.4, 0.5) is 0 Å². The maximum Gasteiger partial charge on any atom is 0.251 e. The van der Waals surface area contributed by atoms with Crippen LogP contribution in [-0.2, 0) is 0 Å². The molecule has 2 aromatic carbocycles. The maximum absolute atomic E-state index is 12.5. The number of carbonyl (C=O) groups is 1. The minimum atomic E-state index is -0.216. The molecule has 5 heteroatoms. The zero-order valence-corrected chi connectivity index (χ0v) is 16.0. The predicted octanol–water partition coefficient (Wildman–Crippen LogP) is 4.64. The zero-order chi connectivity index (χ0) is 17.1. The number of aliphatic hydroxyl groups is 1. The van der Waals surface area contributed by atoms with E-state index in [1.165, 1.54) is 0 Å². The van der Waals surface area contributed by atoms with Gasteiger partial charge in [-0.2, -0.15) is 0 Å². The van der Waals surface area contributed by atoms with E-state index in [-0.39, 0.29) is 18.1 Å². The van der Waals surface area contributed by atoms with Gasteiger partial charge in [-0.05, 0) is 89.7 Å². The van der Waals surface area contributed by atoms with Crippen LogP contribution in [0.25, 0.3) is 11.1 Å². The summed E-state index contributed by atoms with van der Waals surface area (Å²) >= 11 is 8.38. The molecule has 126 valence electrons. The minimum absolute atomic E-state index is 0.0599. The third-order valence-electron chi connectivity index (χ3n) is 4.40. The first kappa shape index (κ1) is 17.7. The van der Waals surface area contributed by atoms with Crippen molar-refractivity contribution < 1.29 is 9.90 Å². The number of benzene rings is 2. The van der Waals surface area contributed by atoms with Crippen molar-refractivity contribution >= 4 is 40.1 Å². The summed E-state index contributed by atoms with van der Waals surface area (Å²) in [5.41, 5.74) is 2.65. The Kier molecular flexibility index (Phi) is 5.79. The van der Waals surface area contributed by atoms with Crippen molar-refractivity contribution in [2.75, 3.05) is 0 Å². The SMILES string of the molecule is O=C(NC1CCC(O)CC1)c1cccc(-c2cc(Cl)ccc2I)c1. The van der Waals surface area contributed by atoms with Gasteiger partial charge in [-0.1, -0.05) is 23.7 Å². The van der Waals surface area contributed by atoms with Crippen LogP contribution >= 0.6 is 34.2 Å². The quantitative estimate of drug-likeness (QED) is 0.662. The van der Waals surface area contributed by atoms with Crippen LogP contribution in [0.15, 0.2) is 42.5 Å². The van der Waals surface area contributed by atoms with Crippen LogP contribution in [0, 0.1) is 3.57 Å². The predicted molar refractivity (Wildman–Crippen MR) is 105 cm³/mol. The van der Waals surface area contributed by atoms with E-state index in [9.17, 15) is 9.90 Å². The molecule has 0 heterocycles. The van der Waals surface area contributed by atoms with E-state index in [1.807, 2.05) is 42.5 Å². The molecule has 0 unspecified atom stereocenters. The van der Waals surface area contributed by atoms with Crippen molar-refractivity contribution in [1.82, 2.24) is 5.32 Å². The Balaban J connectivity index is 1.77. The average Bonchev–Trinajstić information content (AvgIpc) is 2.59. The van der Waals surface area contributed by atoms with Crippen molar-refractivity contribution in [3.63, 3.8) is 0 Å². The van der Waals surface area contributed by atoms with E-state index in [2.05, 4.69) is 27.9 Å². The van der Waals surface area contributed by atoms with Crippen molar-refractivity contribution in [3.8, 4) is 11.1 Å². The van der Waals surface area contributed by atoms with Gasteiger partial charge in [-0.15, -0.1) is 0 Å². The standard InChI is InChI=1S/C19H19ClINO2/c20-14-4-9-18(21)17(11-14)12-2-1-3-13(10-12)19(24)22-15-5-7-16(23)8-6-15/h1-4,9-11,15-16,23H,5-8H2,(H,22,24).